The first-order chi connectivity index (χ1) is 11.6. The molecule has 4 heterocycles. The highest BCUT2D eigenvalue weighted by Gasteiger charge is 2.39. The van der Waals surface area contributed by atoms with Crippen molar-refractivity contribution >= 4 is 17.2 Å². The van der Waals surface area contributed by atoms with Gasteiger partial charge in [0.2, 0.25) is 0 Å². The predicted molar refractivity (Wildman–Crippen MR) is 94.0 cm³/mol. The summed E-state index contributed by atoms with van der Waals surface area (Å²) in [4.78, 5) is 22.1. The Kier molecular flexibility index (Phi) is 4.14. The zero-order valence-corrected chi connectivity index (χ0v) is 15.0. The lowest BCUT2D eigenvalue weighted by Crippen LogP contribution is -2.47. The molecule has 0 spiro atoms. The van der Waals surface area contributed by atoms with E-state index >= 15 is 0 Å². The molecule has 2 atom stereocenters. The smallest absolute Gasteiger partial charge is 0.273 e. The number of likely N-dealkylation sites (tertiary alicyclic amines) is 2. The van der Waals surface area contributed by atoms with Crippen LogP contribution in [0.15, 0.2) is 17.8 Å². The molecule has 128 valence electrons. The number of nitrogens with zero attached hydrogens (tertiary/aromatic N) is 5. The lowest BCUT2D eigenvalue weighted by molar-refractivity contribution is 0.0659. The van der Waals surface area contributed by atoms with Crippen LogP contribution in [-0.4, -0.2) is 62.7 Å². The normalized spacial score (nSPS) is 24.8. The van der Waals surface area contributed by atoms with E-state index in [-0.39, 0.29) is 5.91 Å². The Bertz CT molecular complexity index is 739. The van der Waals surface area contributed by atoms with E-state index in [0.717, 1.165) is 36.5 Å². The van der Waals surface area contributed by atoms with Crippen LogP contribution >= 0.6 is 11.3 Å². The predicted octanol–water partition coefficient (Wildman–Crippen LogP) is 2.24. The summed E-state index contributed by atoms with van der Waals surface area (Å²) in [5, 5.41) is 6.93. The minimum atomic E-state index is 0.0872. The lowest BCUT2D eigenvalue weighted by atomic mass is 10.0. The van der Waals surface area contributed by atoms with Crippen molar-refractivity contribution in [2.45, 2.75) is 37.8 Å². The Morgan fingerprint density at radius 1 is 1.21 bits per heavy atom. The summed E-state index contributed by atoms with van der Waals surface area (Å²) < 4.78 is 1.75. The van der Waals surface area contributed by atoms with Crippen molar-refractivity contribution < 1.29 is 4.79 Å². The van der Waals surface area contributed by atoms with Crippen molar-refractivity contribution in [3.63, 3.8) is 0 Å². The zero-order valence-electron chi connectivity index (χ0n) is 14.2. The second-order valence-electron chi connectivity index (χ2n) is 6.84. The van der Waals surface area contributed by atoms with E-state index in [0.29, 0.717) is 17.8 Å². The maximum Gasteiger partial charge on any atom is 0.273 e. The van der Waals surface area contributed by atoms with Gasteiger partial charge >= 0.3 is 0 Å². The number of amides is 1. The molecule has 0 aromatic carbocycles. The quantitative estimate of drug-likeness (QED) is 0.856. The van der Waals surface area contributed by atoms with Crippen molar-refractivity contribution in [3.05, 3.63) is 23.5 Å². The highest BCUT2D eigenvalue weighted by atomic mass is 32.1. The molecule has 0 radical (unpaired) electrons. The van der Waals surface area contributed by atoms with Gasteiger partial charge in [0.25, 0.3) is 5.91 Å². The molecule has 2 aliphatic rings. The second-order valence-corrected chi connectivity index (χ2v) is 7.70. The van der Waals surface area contributed by atoms with Crippen LogP contribution in [0.5, 0.6) is 0 Å². The summed E-state index contributed by atoms with van der Waals surface area (Å²) in [6.45, 7) is 2.00. The molecule has 2 aromatic rings. The molecule has 24 heavy (non-hydrogen) atoms. The molecular formula is C17H23N5OS. The topological polar surface area (TPSA) is 54.3 Å². The van der Waals surface area contributed by atoms with E-state index in [4.69, 9.17) is 0 Å². The van der Waals surface area contributed by atoms with Gasteiger partial charge in [0.1, 0.15) is 10.7 Å². The zero-order chi connectivity index (χ0) is 16.7. The summed E-state index contributed by atoms with van der Waals surface area (Å²) >= 11 is 1.51. The number of aromatic nitrogens is 3. The molecule has 7 heteroatoms. The Balaban J connectivity index is 1.54. The molecule has 0 bridgehead atoms. The summed E-state index contributed by atoms with van der Waals surface area (Å²) in [5.41, 5.74) is 1.54. The summed E-state index contributed by atoms with van der Waals surface area (Å²) in [7, 11) is 4.07. The highest BCUT2D eigenvalue weighted by Crippen LogP contribution is 2.31. The molecule has 0 N–H and O–H groups in total. The molecule has 1 amide bonds. The van der Waals surface area contributed by atoms with E-state index in [2.05, 4.69) is 26.9 Å². The number of hydrogen-bond acceptors (Lipinski definition) is 5. The molecule has 4 rings (SSSR count). The van der Waals surface area contributed by atoms with Gasteiger partial charge in [0.15, 0.2) is 0 Å². The number of aryl methyl sites for hydroxylation is 1. The van der Waals surface area contributed by atoms with Crippen LogP contribution in [0.2, 0.25) is 0 Å². The first-order valence-electron chi connectivity index (χ1n) is 8.59. The van der Waals surface area contributed by atoms with Crippen molar-refractivity contribution in [2.75, 3.05) is 20.1 Å². The Labute approximate surface area is 146 Å². The van der Waals surface area contributed by atoms with Crippen molar-refractivity contribution in [2.24, 2.45) is 7.05 Å². The minimum absolute atomic E-state index is 0.0872. The van der Waals surface area contributed by atoms with Gasteiger partial charge < -0.3 is 9.80 Å². The van der Waals surface area contributed by atoms with E-state index in [1.165, 1.54) is 24.2 Å². The highest BCUT2D eigenvalue weighted by molar-refractivity contribution is 7.13. The third-order valence-electron chi connectivity index (χ3n) is 5.26. The van der Waals surface area contributed by atoms with Crippen LogP contribution in [0.25, 0.3) is 10.6 Å². The molecular weight excluding hydrogens is 322 g/mol. The summed E-state index contributed by atoms with van der Waals surface area (Å²) in [6, 6.07) is 0.849. The number of carbonyl (C=O) groups is 1. The first kappa shape index (κ1) is 15.8. The molecule has 2 saturated heterocycles. The maximum atomic E-state index is 13.0. The van der Waals surface area contributed by atoms with Gasteiger partial charge in [0, 0.05) is 42.8 Å². The van der Waals surface area contributed by atoms with Gasteiger partial charge in [-0.25, -0.2) is 4.98 Å². The van der Waals surface area contributed by atoms with Crippen LogP contribution in [0.4, 0.5) is 0 Å². The lowest BCUT2D eigenvalue weighted by Gasteiger charge is -2.32. The Morgan fingerprint density at radius 3 is 2.71 bits per heavy atom. The van der Waals surface area contributed by atoms with Crippen LogP contribution in [0.3, 0.4) is 0 Å². The van der Waals surface area contributed by atoms with Crippen LogP contribution in [-0.2, 0) is 7.05 Å². The monoisotopic (exact) mass is 345 g/mol. The maximum absolute atomic E-state index is 13.0. The van der Waals surface area contributed by atoms with Gasteiger partial charge in [-0.1, -0.05) is 0 Å². The fourth-order valence-electron chi connectivity index (χ4n) is 4.05. The molecule has 2 fully saturated rings. The van der Waals surface area contributed by atoms with Gasteiger partial charge in [-0.3, -0.25) is 9.48 Å². The number of rotatable bonds is 3. The molecule has 2 aromatic heterocycles. The fraction of sp³-hybridized carbons (Fsp3) is 0.588. The van der Waals surface area contributed by atoms with Gasteiger partial charge in [0.05, 0.1) is 6.20 Å². The minimum Gasteiger partial charge on any atom is -0.333 e. The van der Waals surface area contributed by atoms with Gasteiger partial charge in [-0.05, 0) is 39.3 Å². The first-order valence-corrected chi connectivity index (χ1v) is 9.47. The SMILES string of the molecule is CN1CCC[C@@H]1[C@@H]1CCCN1C(=O)c1csc(-c2cnn(C)c2)n1. The van der Waals surface area contributed by atoms with Crippen molar-refractivity contribution in [1.29, 1.82) is 0 Å². The Morgan fingerprint density at radius 2 is 2.00 bits per heavy atom. The standard InChI is InChI=1S/C17H23N5OS/c1-20-7-3-5-14(20)15-6-4-8-22(15)17(23)13-11-24-16(19-13)12-9-18-21(2)10-12/h9-11,14-15H,3-8H2,1-2H3/t14-,15+/m1/s1. The largest absolute Gasteiger partial charge is 0.333 e. The number of hydrogen-bond donors (Lipinski definition) is 0. The summed E-state index contributed by atoms with van der Waals surface area (Å²) in [5.74, 6) is 0.0872. The molecule has 2 aliphatic heterocycles. The van der Waals surface area contributed by atoms with E-state index in [1.54, 1.807) is 10.9 Å². The third kappa shape index (κ3) is 2.75. The van der Waals surface area contributed by atoms with Crippen molar-refractivity contribution in [3.8, 4) is 10.6 Å². The molecule has 0 saturated carbocycles. The average Bonchev–Trinajstić information content (AvgIpc) is 3.33. The summed E-state index contributed by atoms with van der Waals surface area (Å²) in [6.07, 6.45) is 8.36. The van der Waals surface area contributed by atoms with E-state index in [1.807, 2.05) is 18.6 Å². The molecule has 0 unspecified atom stereocenters. The number of carbonyl (C=O) groups excluding carboxylic acids is 1. The second kappa shape index (κ2) is 6.29. The Hall–Kier alpha value is -1.73. The van der Waals surface area contributed by atoms with Gasteiger partial charge in [-0.15, -0.1) is 11.3 Å². The molecule has 6 nitrogen and oxygen atoms in total. The average molecular weight is 345 g/mol. The number of thiazole rings is 1. The van der Waals surface area contributed by atoms with Crippen molar-refractivity contribution in [1.82, 2.24) is 24.6 Å². The number of likely N-dealkylation sites (N-methyl/N-ethyl adjacent to an activating group) is 1. The third-order valence-corrected chi connectivity index (χ3v) is 6.15. The fourth-order valence-corrected chi connectivity index (χ4v) is 4.82. The van der Waals surface area contributed by atoms with Crippen LogP contribution < -0.4 is 0 Å². The molecule has 0 aliphatic carbocycles. The van der Waals surface area contributed by atoms with E-state index in [9.17, 15) is 4.79 Å². The van der Waals surface area contributed by atoms with Crippen LogP contribution in [0.1, 0.15) is 36.2 Å². The van der Waals surface area contributed by atoms with E-state index < -0.39 is 0 Å². The van der Waals surface area contributed by atoms with Crippen LogP contribution in [0, 0.1) is 0 Å². The van der Waals surface area contributed by atoms with Gasteiger partial charge in [-0.2, -0.15) is 5.10 Å².